The Morgan fingerprint density at radius 2 is 1.01 bits per heavy atom. The number of likely N-dealkylation sites (N-methyl/N-ethyl adjacent to an activating group) is 3. The van der Waals surface area contributed by atoms with Gasteiger partial charge in [0, 0.05) is 44.0 Å². The average Bonchev–Trinajstić information content (AvgIpc) is 3.37. The molecule has 2 unspecified atom stereocenters. The Balaban J connectivity index is 1.93. The highest BCUT2D eigenvalue weighted by Crippen LogP contribution is 2.66. The van der Waals surface area contributed by atoms with Crippen molar-refractivity contribution in [2.45, 2.75) is 167 Å². The van der Waals surface area contributed by atoms with E-state index in [1.54, 1.807) is 0 Å². The van der Waals surface area contributed by atoms with Crippen LogP contribution in [0.15, 0.2) is 167 Å². The molecule has 4 aromatic rings. The predicted molar refractivity (Wildman–Crippen MR) is 328 cm³/mol. The molecule has 6 rings (SSSR count). The highest BCUT2D eigenvalue weighted by molar-refractivity contribution is 7.77. The zero-order valence-corrected chi connectivity index (χ0v) is 50.5. The van der Waals surface area contributed by atoms with Gasteiger partial charge in [-0.05, 0) is 181 Å². The topological polar surface area (TPSA) is 25.0 Å². The van der Waals surface area contributed by atoms with Crippen LogP contribution in [0.3, 0.4) is 0 Å². The first-order valence-electron chi connectivity index (χ1n) is 27.8. The maximum Gasteiger partial charge on any atom is 0.181 e. The van der Waals surface area contributed by atoms with Crippen molar-refractivity contribution in [1.29, 1.82) is 0 Å². The molecule has 0 bridgehead atoms. The second kappa shape index (κ2) is 26.6. The molecule has 2 saturated carbocycles. The van der Waals surface area contributed by atoms with E-state index >= 15 is 0 Å². The molecule has 2 aliphatic rings. The average molecular weight is 1040 g/mol. The second-order valence-corrected chi connectivity index (χ2v) is 30.0. The summed E-state index contributed by atoms with van der Waals surface area (Å²) in [6, 6.07) is 44.8. The van der Waals surface area contributed by atoms with E-state index < -0.39 is 29.6 Å². The van der Waals surface area contributed by atoms with Gasteiger partial charge in [-0.3, -0.25) is 20.0 Å². The first kappa shape index (κ1) is 58.8. The van der Waals surface area contributed by atoms with Gasteiger partial charge in [0.25, 0.3) is 0 Å². The number of hydrogen-bond donors (Lipinski definition) is 1. The summed E-state index contributed by atoms with van der Waals surface area (Å²) in [5.41, 5.74) is 12.6. The molecule has 0 aromatic heterocycles. The molecule has 2 atom stereocenters. The Labute approximate surface area is 449 Å². The summed E-state index contributed by atoms with van der Waals surface area (Å²) in [5.74, 6) is -1.01. The minimum absolute atomic E-state index is 0.326. The molecule has 0 radical (unpaired) electrons. The van der Waals surface area contributed by atoms with Gasteiger partial charge in [0.15, 0.2) is 5.79 Å². The van der Waals surface area contributed by atoms with Crippen molar-refractivity contribution in [3.05, 3.63) is 167 Å². The molecule has 0 amide bonds. The predicted octanol–water partition coefficient (Wildman–Crippen LogP) is 16.6. The number of benzene rings is 4. The van der Waals surface area contributed by atoms with Gasteiger partial charge in [-0.1, -0.05) is 179 Å². The Morgan fingerprint density at radius 1 is 0.603 bits per heavy atom. The normalized spacial score (nSPS) is 16.8. The fourth-order valence-electron chi connectivity index (χ4n) is 12.2. The molecule has 2 fully saturated rings. The van der Waals surface area contributed by atoms with Crippen molar-refractivity contribution in [1.82, 2.24) is 20.0 Å². The van der Waals surface area contributed by atoms with Crippen molar-refractivity contribution in [2.24, 2.45) is 0 Å². The quantitative estimate of drug-likeness (QED) is 0.0388. The molecule has 8 heteroatoms. The van der Waals surface area contributed by atoms with Gasteiger partial charge < -0.3 is 4.90 Å². The van der Waals surface area contributed by atoms with Crippen molar-refractivity contribution < 1.29 is 0 Å². The van der Waals surface area contributed by atoms with E-state index in [9.17, 15) is 0 Å². The first-order chi connectivity index (χ1) is 34.8. The highest BCUT2D eigenvalue weighted by atomic mass is 31.1. The summed E-state index contributed by atoms with van der Waals surface area (Å²) in [6.07, 6.45) is 15.8. The van der Waals surface area contributed by atoms with Crippen molar-refractivity contribution in [3.8, 4) is 0 Å². The Hall–Kier alpha value is -3.41. The molecule has 394 valence electrons. The van der Waals surface area contributed by atoms with Crippen LogP contribution in [0.4, 0.5) is 11.4 Å². The molecular weight excluding hydrogens is 944 g/mol. The lowest BCUT2D eigenvalue weighted by Crippen LogP contribution is -2.76. The van der Waals surface area contributed by atoms with Gasteiger partial charge in [0.2, 0.25) is 0 Å². The zero-order valence-electron chi connectivity index (χ0n) is 47.8. The van der Waals surface area contributed by atoms with Crippen LogP contribution in [0, 0.1) is 0 Å². The third kappa shape index (κ3) is 13.8. The van der Waals surface area contributed by atoms with Gasteiger partial charge in [0.05, 0.1) is 5.66 Å². The smallest absolute Gasteiger partial charge is 0.181 e. The van der Waals surface area contributed by atoms with Gasteiger partial charge in [-0.15, -0.1) is 11.5 Å². The summed E-state index contributed by atoms with van der Waals surface area (Å²) < 4.78 is 0. The molecule has 4 aromatic carbocycles. The maximum atomic E-state index is 5.61. The third-order valence-corrected chi connectivity index (χ3v) is 22.6. The van der Waals surface area contributed by atoms with Crippen molar-refractivity contribution in [2.75, 3.05) is 52.0 Å². The van der Waals surface area contributed by atoms with Crippen molar-refractivity contribution >= 4 is 45.7 Å². The molecule has 73 heavy (non-hydrogen) atoms. The van der Waals surface area contributed by atoms with Gasteiger partial charge >= 0.3 is 0 Å². The van der Waals surface area contributed by atoms with E-state index in [1.165, 1.54) is 90.8 Å². The van der Waals surface area contributed by atoms with E-state index in [0.29, 0.717) is 17.9 Å². The molecule has 5 nitrogen and oxygen atoms in total. The van der Waals surface area contributed by atoms with E-state index in [0.717, 1.165) is 30.0 Å². The number of anilines is 2. The lowest BCUT2D eigenvalue weighted by atomic mass is 9.88. The second-order valence-electron chi connectivity index (χ2n) is 22.9. The number of para-hydroxylation sites is 2. The van der Waals surface area contributed by atoms with E-state index in [2.05, 4.69) is 260 Å². The Kier molecular flexibility index (Phi) is 21.4. The minimum atomic E-state index is -1.23. The molecule has 2 aliphatic carbocycles. The zero-order chi connectivity index (χ0) is 53.0. The lowest BCUT2D eigenvalue weighted by molar-refractivity contribution is -0.0596. The summed E-state index contributed by atoms with van der Waals surface area (Å²) in [6.45, 7) is 36.8. The van der Waals surface area contributed by atoms with Crippen molar-refractivity contribution in [3.63, 3.8) is 0 Å². The Bertz CT molecular complexity index is 2350. The van der Waals surface area contributed by atoms with Crippen LogP contribution in [0.2, 0.25) is 0 Å². The number of nitrogens with one attached hydrogen (secondary N) is 1. The number of hydrogen-bond acceptors (Lipinski definition) is 5. The third-order valence-electron chi connectivity index (χ3n) is 15.3. The molecule has 0 saturated heterocycles. The standard InChI is InChI=1S/C65H94N5P3/c1-16-66-65(70(62(5,6)7)63(8,9)10,69(53-37-25-19-26-38-53)54-39-27-20-28-40-54)52(4)60(73(57-45-33-23-34-46-57)58-47-35-24-36-48-58)51-61(71(14)15)59(49-50-64(11,67(12)13)68(17-2)18-3)72(55-41-29-21-30-42-55)56-43-31-22-32-44-56/h19-20,23-28,33-40,45-48,50,55-56,66H,4,16-18,21-22,29-32,41-44H2,1-3,5-15H3. The first-order valence-corrected chi connectivity index (χ1v) is 32.8. The number of rotatable bonds is 21. The lowest BCUT2D eigenvalue weighted by Gasteiger charge is -2.62. The number of nitrogens with zero attached hydrogens (tertiary/aromatic N) is 4. The maximum absolute atomic E-state index is 5.61. The van der Waals surface area contributed by atoms with Crippen LogP contribution in [0.5, 0.6) is 0 Å². The van der Waals surface area contributed by atoms with E-state index in [-0.39, 0.29) is 16.7 Å². The van der Waals surface area contributed by atoms with Crippen LogP contribution in [0.25, 0.3) is 0 Å². The van der Waals surface area contributed by atoms with Gasteiger partial charge in [-0.25, -0.2) is 0 Å². The SMILES string of the molecule is C=C(C(=C=C(C(=C=CC(C)(N(C)C)N(CC)CC)P(C1CCCCC1)C1CCCCC1)P(C)C)P(c1ccccc1)c1ccccc1)C(NCC)(N(c1ccccc1)c1ccccc1)N(C(C)(C)C)C(C)(C)C. The fourth-order valence-corrected chi connectivity index (χ4v) is 20.2. The van der Waals surface area contributed by atoms with Crippen LogP contribution >= 0.6 is 23.8 Å². The van der Waals surface area contributed by atoms with E-state index in [1.807, 2.05) is 0 Å². The minimum Gasteiger partial charge on any atom is -0.306 e. The van der Waals surface area contributed by atoms with E-state index in [4.69, 9.17) is 6.58 Å². The molecule has 0 aliphatic heterocycles. The summed E-state index contributed by atoms with van der Waals surface area (Å²) >= 11 is 0. The fraction of sp³-hybridized carbons (Fsp3) is 0.508. The highest BCUT2D eigenvalue weighted by Gasteiger charge is 2.55. The molecular formula is C65H94N5P3. The largest absolute Gasteiger partial charge is 0.306 e. The van der Waals surface area contributed by atoms with Crippen LogP contribution in [-0.2, 0) is 0 Å². The molecule has 0 spiro atoms. The monoisotopic (exact) mass is 1040 g/mol. The van der Waals surface area contributed by atoms with Crippen LogP contribution in [-0.4, -0.2) is 95.6 Å². The Morgan fingerprint density at radius 3 is 1.37 bits per heavy atom. The van der Waals surface area contributed by atoms with Crippen LogP contribution < -0.4 is 20.8 Å². The van der Waals surface area contributed by atoms with Gasteiger partial charge in [-0.2, -0.15) is 0 Å². The summed E-state index contributed by atoms with van der Waals surface area (Å²) in [5, 5.41) is 11.0. The summed E-state index contributed by atoms with van der Waals surface area (Å²) in [7, 11) is 1.96. The van der Waals surface area contributed by atoms with Crippen LogP contribution in [0.1, 0.15) is 133 Å². The molecule has 1 N–H and O–H groups in total. The summed E-state index contributed by atoms with van der Waals surface area (Å²) in [4.78, 5) is 10.3. The molecule has 0 heterocycles. The van der Waals surface area contributed by atoms with Gasteiger partial charge in [0.1, 0.15) is 0 Å².